The van der Waals surface area contributed by atoms with Gasteiger partial charge in [-0.25, -0.2) is 8.78 Å². The summed E-state index contributed by atoms with van der Waals surface area (Å²) in [6.45, 7) is 4.08. The van der Waals surface area contributed by atoms with E-state index in [0.29, 0.717) is 31.5 Å². The molecule has 0 spiro atoms. The average Bonchev–Trinajstić information content (AvgIpc) is 2.39. The Balaban J connectivity index is 0.00000176. The van der Waals surface area contributed by atoms with Crippen LogP contribution >= 0.6 is 12.4 Å². The van der Waals surface area contributed by atoms with Crippen LogP contribution in [0.2, 0.25) is 0 Å². The predicted octanol–water partition coefficient (Wildman–Crippen LogP) is 2.63. The number of nitrogens with zero attached hydrogens (tertiary/aromatic N) is 1. The average molecular weight is 331 g/mol. The first-order valence-electron chi connectivity index (χ1n) is 7.51. The van der Waals surface area contributed by atoms with Crippen molar-refractivity contribution < 1.29 is 13.6 Å². The van der Waals surface area contributed by atoms with E-state index in [0.717, 1.165) is 19.0 Å². The molecule has 3 nitrogen and oxygen atoms in total. The fourth-order valence-corrected chi connectivity index (χ4v) is 3.43. The number of carbonyl (C=O) groups excluding carboxylic acids is 1. The first-order chi connectivity index (χ1) is 10.0. The van der Waals surface area contributed by atoms with Gasteiger partial charge in [0.2, 0.25) is 5.91 Å². The summed E-state index contributed by atoms with van der Waals surface area (Å²) in [4.78, 5) is 14.7. The maximum absolute atomic E-state index is 14.1. The molecule has 1 saturated heterocycles. The number of carbonyl (C=O) groups is 1. The van der Waals surface area contributed by atoms with Crippen molar-refractivity contribution in [3.8, 4) is 0 Å². The monoisotopic (exact) mass is 330 g/mol. The number of amides is 1. The molecule has 2 aliphatic rings. The molecule has 2 fully saturated rings. The Labute approximate surface area is 135 Å². The largest absolute Gasteiger partial charge is 0.339 e. The molecule has 6 heteroatoms. The first-order valence-corrected chi connectivity index (χ1v) is 7.51. The summed E-state index contributed by atoms with van der Waals surface area (Å²) in [6, 6.07) is 3.81. The van der Waals surface area contributed by atoms with Crippen molar-refractivity contribution in [3.05, 3.63) is 35.4 Å². The highest BCUT2D eigenvalue weighted by Crippen LogP contribution is 2.46. The van der Waals surface area contributed by atoms with E-state index >= 15 is 0 Å². The molecule has 1 heterocycles. The highest BCUT2D eigenvalue weighted by molar-refractivity contribution is 5.89. The molecular weight excluding hydrogens is 310 g/mol. The summed E-state index contributed by atoms with van der Waals surface area (Å²) in [6.07, 6.45) is 2.20. The van der Waals surface area contributed by atoms with E-state index in [1.165, 1.54) is 12.1 Å². The Hall–Kier alpha value is -1.20. The number of halogens is 3. The minimum Gasteiger partial charge on any atom is -0.339 e. The first kappa shape index (κ1) is 17.2. The van der Waals surface area contributed by atoms with Crippen LogP contribution in [0.25, 0.3) is 0 Å². The molecule has 3 rings (SSSR count). The van der Waals surface area contributed by atoms with Gasteiger partial charge in [0.05, 0.1) is 5.41 Å². The number of hydrogen-bond donors (Lipinski definition) is 1. The van der Waals surface area contributed by atoms with Gasteiger partial charge in [0.15, 0.2) is 0 Å². The summed E-state index contributed by atoms with van der Waals surface area (Å²) < 4.78 is 27.3. The van der Waals surface area contributed by atoms with E-state index in [1.807, 2.05) is 11.8 Å². The Morgan fingerprint density at radius 2 is 2.09 bits per heavy atom. The van der Waals surface area contributed by atoms with Gasteiger partial charge in [0, 0.05) is 37.3 Å². The molecule has 0 bridgehead atoms. The van der Waals surface area contributed by atoms with Crippen molar-refractivity contribution in [3.63, 3.8) is 0 Å². The molecule has 1 aromatic rings. The number of benzene rings is 1. The third kappa shape index (κ3) is 2.84. The zero-order valence-electron chi connectivity index (χ0n) is 12.6. The lowest BCUT2D eigenvalue weighted by Crippen LogP contribution is -2.58. The van der Waals surface area contributed by atoms with E-state index in [2.05, 4.69) is 5.32 Å². The van der Waals surface area contributed by atoms with Crippen LogP contribution in [0.4, 0.5) is 8.78 Å². The summed E-state index contributed by atoms with van der Waals surface area (Å²) in [5, 5.41) is 3.30. The third-order valence-electron chi connectivity index (χ3n) is 4.72. The Morgan fingerprint density at radius 3 is 2.64 bits per heavy atom. The molecule has 1 aliphatic carbocycles. The van der Waals surface area contributed by atoms with Crippen molar-refractivity contribution >= 4 is 18.3 Å². The van der Waals surface area contributed by atoms with Gasteiger partial charge in [-0.15, -0.1) is 12.4 Å². The van der Waals surface area contributed by atoms with Crippen LogP contribution in [0.3, 0.4) is 0 Å². The molecule has 22 heavy (non-hydrogen) atoms. The van der Waals surface area contributed by atoms with Crippen molar-refractivity contribution in [2.45, 2.75) is 37.6 Å². The molecule has 1 saturated carbocycles. The van der Waals surface area contributed by atoms with Crippen molar-refractivity contribution in [2.75, 3.05) is 19.6 Å². The second-order valence-electron chi connectivity index (χ2n) is 6.17. The lowest BCUT2D eigenvalue weighted by molar-refractivity contribution is -0.142. The Kier molecular flexibility index (Phi) is 5.07. The highest BCUT2D eigenvalue weighted by atomic mass is 35.5. The SMILES string of the molecule is C[C@@H]1CN(C(=O)C2(c3ccc(F)cc3F)CCC2)CCN1.Cl. The standard InChI is InChI=1S/C16H20F2N2O.ClH/c1-11-10-20(8-7-19-11)15(21)16(5-2-6-16)13-4-3-12(17)9-14(13)18;/h3-4,9,11,19H,2,5-8,10H2,1H3;1H/t11-;/m1./s1. The summed E-state index contributed by atoms with van der Waals surface area (Å²) in [5.74, 6) is -1.21. The van der Waals surface area contributed by atoms with Gasteiger partial charge in [-0.3, -0.25) is 4.79 Å². The molecule has 0 aromatic heterocycles. The van der Waals surface area contributed by atoms with Gasteiger partial charge >= 0.3 is 0 Å². The van der Waals surface area contributed by atoms with Crippen LogP contribution in [0.15, 0.2) is 18.2 Å². The smallest absolute Gasteiger partial charge is 0.233 e. The predicted molar refractivity (Wildman–Crippen MR) is 83.2 cm³/mol. The zero-order valence-corrected chi connectivity index (χ0v) is 13.4. The second kappa shape index (κ2) is 6.50. The van der Waals surface area contributed by atoms with Crippen LogP contribution < -0.4 is 5.32 Å². The molecule has 1 aromatic carbocycles. The quantitative estimate of drug-likeness (QED) is 0.904. The van der Waals surface area contributed by atoms with Gasteiger partial charge in [0.1, 0.15) is 11.6 Å². The molecule has 0 unspecified atom stereocenters. The lowest BCUT2D eigenvalue weighted by Gasteiger charge is -2.45. The third-order valence-corrected chi connectivity index (χ3v) is 4.72. The van der Waals surface area contributed by atoms with Gasteiger partial charge in [0.25, 0.3) is 0 Å². The van der Waals surface area contributed by atoms with E-state index in [1.54, 1.807) is 0 Å². The van der Waals surface area contributed by atoms with Gasteiger partial charge in [-0.2, -0.15) is 0 Å². The summed E-state index contributed by atoms with van der Waals surface area (Å²) in [7, 11) is 0. The van der Waals surface area contributed by atoms with Gasteiger partial charge < -0.3 is 10.2 Å². The zero-order chi connectivity index (χ0) is 15.0. The maximum Gasteiger partial charge on any atom is 0.233 e. The number of hydrogen-bond acceptors (Lipinski definition) is 2. The minimum absolute atomic E-state index is 0. The fourth-order valence-electron chi connectivity index (χ4n) is 3.43. The lowest BCUT2D eigenvalue weighted by atomic mass is 9.63. The Morgan fingerprint density at radius 1 is 1.36 bits per heavy atom. The van der Waals surface area contributed by atoms with E-state index in [9.17, 15) is 13.6 Å². The molecule has 1 N–H and O–H groups in total. The maximum atomic E-state index is 14.1. The van der Waals surface area contributed by atoms with Crippen molar-refractivity contribution in [1.29, 1.82) is 0 Å². The van der Waals surface area contributed by atoms with Crippen molar-refractivity contribution in [1.82, 2.24) is 10.2 Å². The Bertz CT molecular complexity index is 563. The normalized spacial score (nSPS) is 23.4. The van der Waals surface area contributed by atoms with E-state index in [4.69, 9.17) is 0 Å². The molecule has 1 atom stereocenters. The van der Waals surface area contributed by atoms with E-state index < -0.39 is 17.0 Å². The van der Waals surface area contributed by atoms with Gasteiger partial charge in [-0.1, -0.05) is 12.5 Å². The number of nitrogens with one attached hydrogen (secondary N) is 1. The summed E-state index contributed by atoms with van der Waals surface area (Å²) in [5.41, 5.74) is -0.430. The molecule has 1 aliphatic heterocycles. The highest BCUT2D eigenvalue weighted by Gasteiger charge is 2.49. The second-order valence-corrected chi connectivity index (χ2v) is 6.17. The van der Waals surface area contributed by atoms with Crippen LogP contribution in [0.1, 0.15) is 31.7 Å². The fraction of sp³-hybridized carbons (Fsp3) is 0.562. The van der Waals surface area contributed by atoms with Crippen LogP contribution in [-0.4, -0.2) is 36.5 Å². The number of rotatable bonds is 2. The minimum atomic E-state index is -0.783. The molecule has 0 radical (unpaired) electrons. The molecular formula is C16H21ClF2N2O. The van der Waals surface area contributed by atoms with Gasteiger partial charge in [-0.05, 0) is 25.8 Å². The number of piperazine rings is 1. The van der Waals surface area contributed by atoms with Crippen LogP contribution in [0.5, 0.6) is 0 Å². The summed E-state index contributed by atoms with van der Waals surface area (Å²) >= 11 is 0. The van der Waals surface area contributed by atoms with Crippen molar-refractivity contribution in [2.24, 2.45) is 0 Å². The van der Waals surface area contributed by atoms with E-state index in [-0.39, 0.29) is 24.4 Å². The van der Waals surface area contributed by atoms with Crippen LogP contribution in [0, 0.1) is 11.6 Å². The topological polar surface area (TPSA) is 32.3 Å². The molecule has 1 amide bonds. The van der Waals surface area contributed by atoms with Crippen LogP contribution in [-0.2, 0) is 10.2 Å². The molecule has 122 valence electrons.